The monoisotopic (exact) mass is 128 g/mol. The van der Waals surface area contributed by atoms with E-state index < -0.39 is 0 Å². The summed E-state index contributed by atoms with van der Waals surface area (Å²) in [5, 5.41) is 6.75. The Morgan fingerprint density at radius 3 is 2.33 bits per heavy atom. The largest absolute Gasteiger partial charge is 0.488 e. The van der Waals surface area contributed by atoms with Crippen molar-refractivity contribution >= 4 is 6.21 Å². The summed E-state index contributed by atoms with van der Waals surface area (Å²) in [6, 6.07) is 0. The van der Waals surface area contributed by atoms with E-state index in [0.29, 0.717) is 5.76 Å². The average Bonchev–Trinajstić information content (AvgIpc) is 1.82. The van der Waals surface area contributed by atoms with Gasteiger partial charge in [-0.2, -0.15) is 0 Å². The van der Waals surface area contributed by atoms with Crippen LogP contribution in [-0.4, -0.2) is 12.3 Å². The SMILES string of the molecule is CC(C)O/C(C=N)=C/N. The fourth-order valence-electron chi connectivity index (χ4n) is 0.394. The second kappa shape index (κ2) is 3.95. The molecule has 52 valence electrons. The molecule has 3 nitrogen and oxygen atoms in total. The smallest absolute Gasteiger partial charge is 0.152 e. The number of nitrogens with two attached hydrogens (primary N) is 1. The topological polar surface area (TPSA) is 59.1 Å². The lowest BCUT2D eigenvalue weighted by atomic mass is 10.4. The van der Waals surface area contributed by atoms with Crippen LogP contribution in [0.2, 0.25) is 0 Å². The van der Waals surface area contributed by atoms with Gasteiger partial charge in [-0.05, 0) is 13.8 Å². The average molecular weight is 128 g/mol. The highest BCUT2D eigenvalue weighted by atomic mass is 16.5. The van der Waals surface area contributed by atoms with Gasteiger partial charge in [-0.1, -0.05) is 0 Å². The van der Waals surface area contributed by atoms with Gasteiger partial charge in [0.05, 0.1) is 12.3 Å². The van der Waals surface area contributed by atoms with Crippen molar-refractivity contribution in [2.75, 3.05) is 0 Å². The van der Waals surface area contributed by atoms with Crippen molar-refractivity contribution < 1.29 is 4.74 Å². The number of ether oxygens (including phenoxy) is 1. The Morgan fingerprint density at radius 1 is 1.67 bits per heavy atom. The van der Waals surface area contributed by atoms with E-state index in [0.717, 1.165) is 6.21 Å². The molecule has 0 aliphatic heterocycles. The standard InChI is InChI=1S/C6H12N2O/c1-5(2)9-6(3-7)4-8/h3-5,7H,8H2,1-2H3/b6-4+,7-3?. The summed E-state index contributed by atoms with van der Waals surface area (Å²) in [5.74, 6) is 0.407. The Morgan fingerprint density at radius 2 is 2.22 bits per heavy atom. The molecular formula is C6H12N2O. The molecule has 0 bridgehead atoms. The first-order valence-electron chi connectivity index (χ1n) is 2.79. The van der Waals surface area contributed by atoms with E-state index in [9.17, 15) is 0 Å². The van der Waals surface area contributed by atoms with Crippen LogP contribution >= 0.6 is 0 Å². The van der Waals surface area contributed by atoms with Gasteiger partial charge in [-0.25, -0.2) is 0 Å². The van der Waals surface area contributed by atoms with Crippen LogP contribution < -0.4 is 5.73 Å². The highest BCUT2D eigenvalue weighted by Gasteiger charge is 1.94. The lowest BCUT2D eigenvalue weighted by Gasteiger charge is -2.07. The van der Waals surface area contributed by atoms with Gasteiger partial charge in [-0.15, -0.1) is 0 Å². The molecule has 3 heteroatoms. The minimum Gasteiger partial charge on any atom is -0.488 e. The normalized spacial score (nSPS) is 11.7. The summed E-state index contributed by atoms with van der Waals surface area (Å²) in [7, 11) is 0. The summed E-state index contributed by atoms with van der Waals surface area (Å²) in [4.78, 5) is 0. The summed E-state index contributed by atoms with van der Waals surface area (Å²) < 4.78 is 5.04. The van der Waals surface area contributed by atoms with Crippen molar-refractivity contribution in [1.82, 2.24) is 0 Å². The van der Waals surface area contributed by atoms with Crippen molar-refractivity contribution in [2.45, 2.75) is 20.0 Å². The Balaban J connectivity index is 3.71. The van der Waals surface area contributed by atoms with Gasteiger partial charge < -0.3 is 15.9 Å². The van der Waals surface area contributed by atoms with Gasteiger partial charge in [0.2, 0.25) is 0 Å². The number of rotatable bonds is 3. The van der Waals surface area contributed by atoms with E-state index in [2.05, 4.69) is 0 Å². The van der Waals surface area contributed by atoms with E-state index in [1.165, 1.54) is 6.20 Å². The quantitative estimate of drug-likeness (QED) is 0.437. The van der Waals surface area contributed by atoms with Crippen molar-refractivity contribution in [2.24, 2.45) is 5.73 Å². The fraction of sp³-hybridized carbons (Fsp3) is 0.500. The number of hydrogen-bond donors (Lipinski definition) is 2. The van der Waals surface area contributed by atoms with Gasteiger partial charge >= 0.3 is 0 Å². The molecule has 0 unspecified atom stereocenters. The van der Waals surface area contributed by atoms with E-state index in [1.54, 1.807) is 0 Å². The highest BCUT2D eigenvalue weighted by Crippen LogP contribution is 1.95. The Hall–Kier alpha value is -0.990. The first-order valence-corrected chi connectivity index (χ1v) is 2.79. The maximum absolute atomic E-state index is 6.75. The number of hydrogen-bond acceptors (Lipinski definition) is 3. The Labute approximate surface area is 55.0 Å². The van der Waals surface area contributed by atoms with Crippen LogP contribution in [0.1, 0.15) is 13.8 Å². The van der Waals surface area contributed by atoms with Crippen molar-refractivity contribution in [3.8, 4) is 0 Å². The van der Waals surface area contributed by atoms with E-state index in [-0.39, 0.29) is 6.10 Å². The van der Waals surface area contributed by atoms with Gasteiger partial charge in [0.1, 0.15) is 0 Å². The summed E-state index contributed by atoms with van der Waals surface area (Å²) >= 11 is 0. The predicted octanol–water partition coefficient (Wildman–Crippen LogP) is 0.861. The van der Waals surface area contributed by atoms with Crippen molar-refractivity contribution in [1.29, 1.82) is 5.41 Å². The van der Waals surface area contributed by atoms with Gasteiger partial charge in [0, 0.05) is 6.20 Å². The second-order valence-corrected chi connectivity index (χ2v) is 1.88. The van der Waals surface area contributed by atoms with Crippen LogP contribution in [0.25, 0.3) is 0 Å². The summed E-state index contributed by atoms with van der Waals surface area (Å²) in [6.07, 6.45) is 2.44. The van der Waals surface area contributed by atoms with E-state index in [1.807, 2.05) is 13.8 Å². The molecule has 0 spiro atoms. The molecule has 0 saturated carbocycles. The molecule has 0 aromatic rings. The molecule has 0 atom stereocenters. The van der Waals surface area contributed by atoms with Gasteiger partial charge in [-0.3, -0.25) is 0 Å². The third-order valence-corrected chi connectivity index (χ3v) is 0.678. The summed E-state index contributed by atoms with van der Waals surface area (Å²) in [5.41, 5.74) is 5.09. The third kappa shape index (κ3) is 3.58. The maximum Gasteiger partial charge on any atom is 0.152 e. The van der Waals surface area contributed by atoms with Crippen LogP contribution in [0.15, 0.2) is 12.0 Å². The molecule has 0 radical (unpaired) electrons. The molecule has 0 rings (SSSR count). The lowest BCUT2D eigenvalue weighted by Crippen LogP contribution is -2.04. The minimum atomic E-state index is 0.0846. The van der Waals surface area contributed by atoms with Crippen LogP contribution in [0.3, 0.4) is 0 Å². The van der Waals surface area contributed by atoms with Crippen molar-refractivity contribution in [3.63, 3.8) is 0 Å². The zero-order valence-corrected chi connectivity index (χ0v) is 5.72. The first-order chi connectivity index (χ1) is 4.20. The number of allylic oxidation sites excluding steroid dienone is 1. The molecule has 0 aliphatic carbocycles. The summed E-state index contributed by atoms with van der Waals surface area (Å²) in [6.45, 7) is 3.76. The molecule has 3 N–H and O–H groups in total. The maximum atomic E-state index is 6.75. The van der Waals surface area contributed by atoms with Crippen LogP contribution in [0, 0.1) is 5.41 Å². The molecule has 9 heavy (non-hydrogen) atoms. The Kier molecular flexibility index (Phi) is 3.51. The third-order valence-electron chi connectivity index (χ3n) is 0.678. The van der Waals surface area contributed by atoms with Crippen LogP contribution in [-0.2, 0) is 4.74 Å². The molecule has 0 aromatic carbocycles. The molecule has 0 aromatic heterocycles. The zero-order valence-electron chi connectivity index (χ0n) is 5.72. The minimum absolute atomic E-state index is 0.0846. The fourth-order valence-corrected chi connectivity index (χ4v) is 0.394. The number of nitrogens with one attached hydrogen (secondary N) is 1. The zero-order chi connectivity index (χ0) is 7.28. The van der Waals surface area contributed by atoms with Crippen LogP contribution in [0.5, 0.6) is 0 Å². The second-order valence-electron chi connectivity index (χ2n) is 1.88. The molecule has 0 heterocycles. The van der Waals surface area contributed by atoms with Crippen LogP contribution in [0.4, 0.5) is 0 Å². The van der Waals surface area contributed by atoms with Gasteiger partial charge in [0.25, 0.3) is 0 Å². The molecule has 0 aliphatic rings. The lowest BCUT2D eigenvalue weighted by molar-refractivity contribution is 0.164. The van der Waals surface area contributed by atoms with Gasteiger partial charge in [0.15, 0.2) is 5.76 Å². The Bertz CT molecular complexity index is 118. The molecule has 0 fully saturated rings. The first kappa shape index (κ1) is 8.01. The highest BCUT2D eigenvalue weighted by molar-refractivity contribution is 5.72. The van der Waals surface area contributed by atoms with Crippen molar-refractivity contribution in [3.05, 3.63) is 12.0 Å². The van der Waals surface area contributed by atoms with E-state index in [4.69, 9.17) is 15.9 Å². The molecule has 0 amide bonds. The van der Waals surface area contributed by atoms with E-state index >= 15 is 0 Å². The molecular weight excluding hydrogens is 116 g/mol. The predicted molar refractivity (Wildman–Crippen MR) is 37.3 cm³/mol. The molecule has 0 saturated heterocycles.